The topological polar surface area (TPSA) is 70.4 Å². The third kappa shape index (κ3) is 7.00. The van der Waals surface area contributed by atoms with E-state index in [9.17, 15) is 4.79 Å². The molecule has 2 N–H and O–H groups in total. The first-order chi connectivity index (χ1) is 4.77. The predicted molar refractivity (Wildman–Crippen MR) is 37.3 cm³/mol. The molecule has 0 spiro atoms. The highest BCUT2D eigenvalue weighted by atomic mass is 16.4. The molecule has 0 atom stereocenters. The lowest BCUT2D eigenvalue weighted by Gasteiger charge is -1.93. The van der Waals surface area contributed by atoms with Gasteiger partial charge in [0, 0.05) is 6.42 Å². The minimum atomic E-state index is -0.803. The van der Waals surface area contributed by atoms with Crippen LogP contribution in [0.2, 0.25) is 6.32 Å². The van der Waals surface area contributed by atoms with Gasteiger partial charge in [-0.1, -0.05) is 0 Å². The molecule has 0 aromatic carbocycles. The lowest BCUT2D eigenvalue weighted by atomic mass is 9.92. The Morgan fingerprint density at radius 1 is 1.80 bits per heavy atom. The quantitative estimate of drug-likeness (QED) is 0.245. The number of carboxylic acid groups (broad SMARTS) is 1. The molecule has 0 aromatic rings. The van der Waals surface area contributed by atoms with Gasteiger partial charge >= 0.3 is 13.5 Å². The Morgan fingerprint density at radius 3 is 3.00 bits per heavy atom. The summed E-state index contributed by atoms with van der Waals surface area (Å²) in [7, 11) is 1.41. The molecule has 0 amide bonds. The minimum absolute atomic E-state index is 0.151. The fourth-order valence-corrected chi connectivity index (χ4v) is 0.453. The molecule has 0 fully saturated rings. The van der Waals surface area contributed by atoms with Gasteiger partial charge in [-0.3, -0.25) is 10.2 Å². The second-order valence-corrected chi connectivity index (χ2v) is 1.71. The van der Waals surface area contributed by atoms with Crippen LogP contribution in [0, 0.1) is 5.41 Å². The van der Waals surface area contributed by atoms with Crippen LogP contribution in [0.15, 0.2) is 0 Å². The molecule has 0 saturated heterocycles. The van der Waals surface area contributed by atoms with E-state index in [1.54, 1.807) is 0 Å². The van der Waals surface area contributed by atoms with Crippen molar-refractivity contribution in [3.8, 4) is 0 Å². The van der Waals surface area contributed by atoms with Gasteiger partial charge in [-0.05, 0) is 12.7 Å². The predicted octanol–water partition coefficient (Wildman–Crippen LogP) is 0.512. The van der Waals surface area contributed by atoms with Crippen LogP contribution < -0.4 is 0 Å². The third-order valence-corrected chi connectivity index (χ3v) is 0.877. The van der Waals surface area contributed by atoms with Crippen LogP contribution in [-0.4, -0.2) is 25.0 Å². The van der Waals surface area contributed by atoms with Crippen molar-refractivity contribution < 1.29 is 14.6 Å². The molecule has 0 aliphatic rings. The zero-order valence-electron chi connectivity index (χ0n) is 5.54. The highest BCUT2D eigenvalue weighted by Crippen LogP contribution is 1.94. The summed E-state index contributed by atoms with van der Waals surface area (Å²) in [5.41, 5.74) is 0. The number of hydrogen-bond acceptors (Lipinski definition) is 3. The average Bonchev–Trinajstić information content (AvgIpc) is 1.87. The maximum absolute atomic E-state index is 9.93. The van der Waals surface area contributed by atoms with Gasteiger partial charge in [0.05, 0.1) is 0 Å². The first-order valence-corrected chi connectivity index (χ1v) is 2.95. The van der Waals surface area contributed by atoms with E-state index in [2.05, 4.69) is 4.65 Å². The lowest BCUT2D eigenvalue weighted by molar-refractivity contribution is -0.137. The lowest BCUT2D eigenvalue weighted by Crippen LogP contribution is -1.98. The van der Waals surface area contributed by atoms with Gasteiger partial charge < -0.3 is 9.76 Å². The summed E-state index contributed by atoms with van der Waals surface area (Å²) in [4.78, 5) is 9.93. The molecule has 0 aromatic heterocycles. The van der Waals surface area contributed by atoms with E-state index in [-0.39, 0.29) is 6.42 Å². The second kappa shape index (κ2) is 6.13. The zero-order valence-corrected chi connectivity index (χ0v) is 5.54. The zero-order chi connectivity index (χ0) is 7.82. The Hall–Kier alpha value is -0.995. The van der Waals surface area contributed by atoms with Gasteiger partial charge in [-0.15, -0.1) is 0 Å². The Kier molecular flexibility index (Phi) is 5.52. The fourth-order valence-electron chi connectivity index (χ4n) is 0.453. The Balaban J connectivity index is 2.90. The number of hydrogen-bond donors (Lipinski definition) is 2. The van der Waals surface area contributed by atoms with E-state index < -0.39 is 5.97 Å². The smallest absolute Gasteiger partial charge is 0.371 e. The van der Waals surface area contributed by atoms with E-state index in [1.165, 1.54) is 7.48 Å². The summed E-state index contributed by atoms with van der Waals surface area (Å²) in [6.45, 7) is 0. The first kappa shape index (κ1) is 9.00. The van der Waals surface area contributed by atoms with Gasteiger partial charge in [0.1, 0.15) is 6.40 Å². The van der Waals surface area contributed by atoms with Gasteiger partial charge in [-0.25, -0.2) is 0 Å². The third-order valence-electron chi connectivity index (χ3n) is 0.877. The molecule has 55 valence electrons. The summed E-state index contributed by atoms with van der Waals surface area (Å²) in [6.07, 6.45) is 2.09. The summed E-state index contributed by atoms with van der Waals surface area (Å²) in [6, 6.07) is 0. The molecule has 0 unspecified atom stereocenters. The van der Waals surface area contributed by atoms with Crippen LogP contribution in [0.1, 0.15) is 12.8 Å². The maximum atomic E-state index is 9.93. The molecule has 0 saturated carbocycles. The molecule has 1 radical (unpaired) electrons. The molecule has 0 rings (SSSR count). The Labute approximate surface area is 60.0 Å². The van der Waals surface area contributed by atoms with E-state index in [0.717, 1.165) is 6.40 Å². The van der Waals surface area contributed by atoms with Crippen LogP contribution in [0.4, 0.5) is 0 Å². The average molecular weight is 142 g/mol. The molecular weight excluding hydrogens is 133 g/mol. The Morgan fingerprint density at radius 2 is 2.50 bits per heavy atom. The van der Waals surface area contributed by atoms with Crippen molar-refractivity contribution in [3.63, 3.8) is 0 Å². The normalized spacial score (nSPS) is 8.40. The van der Waals surface area contributed by atoms with Crippen molar-refractivity contribution in [2.75, 3.05) is 0 Å². The summed E-state index contributed by atoms with van der Waals surface area (Å²) >= 11 is 0. The molecule has 4 nitrogen and oxygen atoms in total. The fraction of sp³-hybridized carbons (Fsp3) is 0.600. The summed E-state index contributed by atoms with van der Waals surface area (Å²) in [5.74, 6) is -0.803. The molecule has 0 aliphatic heterocycles. The van der Waals surface area contributed by atoms with Crippen LogP contribution in [-0.2, 0) is 9.45 Å². The molecule has 0 bridgehead atoms. The van der Waals surface area contributed by atoms with Crippen molar-refractivity contribution in [2.24, 2.45) is 0 Å². The van der Waals surface area contributed by atoms with Crippen LogP contribution in [0.5, 0.6) is 0 Å². The van der Waals surface area contributed by atoms with Crippen molar-refractivity contribution >= 4 is 19.9 Å². The van der Waals surface area contributed by atoms with Crippen LogP contribution in [0.25, 0.3) is 0 Å². The maximum Gasteiger partial charge on any atom is 0.371 e. The van der Waals surface area contributed by atoms with Crippen LogP contribution >= 0.6 is 0 Å². The molecule has 5 heteroatoms. The number of rotatable bonds is 6. The van der Waals surface area contributed by atoms with E-state index in [1.807, 2.05) is 0 Å². The van der Waals surface area contributed by atoms with Gasteiger partial charge in [0.2, 0.25) is 0 Å². The molecular formula is C5H9BNO3. The molecule has 10 heavy (non-hydrogen) atoms. The van der Waals surface area contributed by atoms with Crippen molar-refractivity contribution in [3.05, 3.63) is 0 Å². The second-order valence-electron chi connectivity index (χ2n) is 1.71. The Bertz CT molecular complexity index is 117. The van der Waals surface area contributed by atoms with E-state index in [4.69, 9.17) is 10.5 Å². The van der Waals surface area contributed by atoms with Gasteiger partial charge in [0.15, 0.2) is 0 Å². The van der Waals surface area contributed by atoms with E-state index in [0.29, 0.717) is 12.7 Å². The minimum Gasteiger partial charge on any atom is -0.556 e. The number of carboxylic acids is 1. The largest absolute Gasteiger partial charge is 0.556 e. The number of nitrogens with one attached hydrogen (secondary N) is 1. The first-order valence-electron chi connectivity index (χ1n) is 2.95. The van der Waals surface area contributed by atoms with E-state index >= 15 is 0 Å². The molecule has 0 heterocycles. The van der Waals surface area contributed by atoms with Crippen molar-refractivity contribution in [1.29, 1.82) is 5.41 Å². The van der Waals surface area contributed by atoms with Gasteiger partial charge in [0.25, 0.3) is 0 Å². The summed E-state index contributed by atoms with van der Waals surface area (Å²) in [5, 5.41) is 14.6. The monoisotopic (exact) mass is 142 g/mol. The van der Waals surface area contributed by atoms with Crippen molar-refractivity contribution in [2.45, 2.75) is 19.2 Å². The highest BCUT2D eigenvalue weighted by molar-refractivity contribution is 6.29. The highest BCUT2D eigenvalue weighted by Gasteiger charge is 1.97. The standard InChI is InChI=1S/C5H9BNO3/c7-4-10-6-3-1-2-5(8)9/h4,7H,1-3H2,(H,8,9). The molecule has 0 aliphatic carbocycles. The van der Waals surface area contributed by atoms with Crippen molar-refractivity contribution in [1.82, 2.24) is 0 Å². The SMILES string of the molecule is N=CO[B]CCCC(=O)O. The number of carbonyl (C=O) groups is 1. The summed E-state index contributed by atoms with van der Waals surface area (Å²) < 4.78 is 4.44. The van der Waals surface area contributed by atoms with Crippen LogP contribution in [0.3, 0.4) is 0 Å². The van der Waals surface area contributed by atoms with Gasteiger partial charge in [-0.2, -0.15) is 0 Å². The number of aliphatic carboxylic acids is 1.